The van der Waals surface area contributed by atoms with Crippen molar-refractivity contribution in [2.75, 3.05) is 13.7 Å². The number of rotatable bonds is 8. The van der Waals surface area contributed by atoms with Crippen molar-refractivity contribution in [3.8, 4) is 11.5 Å². The van der Waals surface area contributed by atoms with Crippen LogP contribution in [0.5, 0.6) is 11.5 Å². The van der Waals surface area contributed by atoms with E-state index in [9.17, 15) is 14.4 Å². The van der Waals surface area contributed by atoms with Gasteiger partial charge < -0.3 is 14.8 Å². The molecule has 2 aromatic rings. The van der Waals surface area contributed by atoms with Crippen molar-refractivity contribution in [3.05, 3.63) is 64.6 Å². The molecule has 7 rings (SSSR count). The molecular formula is C30H32N2O5S. The molecule has 0 atom stereocenters. The highest BCUT2D eigenvalue weighted by atomic mass is 32.2. The molecule has 198 valence electrons. The fraction of sp³-hybridized carbons (Fsp3) is 0.433. The van der Waals surface area contributed by atoms with Crippen LogP contribution in [0.15, 0.2) is 53.4 Å². The minimum absolute atomic E-state index is 0.0490. The molecular weight excluding hydrogens is 500 g/mol. The van der Waals surface area contributed by atoms with Crippen molar-refractivity contribution in [1.82, 2.24) is 10.2 Å². The number of thioether (sulfide) groups is 1. The lowest BCUT2D eigenvalue weighted by Gasteiger charge is -2.56. The van der Waals surface area contributed by atoms with Crippen LogP contribution in [0.3, 0.4) is 0 Å². The number of ether oxygens (including phenoxy) is 2. The highest BCUT2D eigenvalue weighted by molar-refractivity contribution is 8.18. The molecule has 4 saturated carbocycles. The summed E-state index contributed by atoms with van der Waals surface area (Å²) in [6.45, 7) is 0.167. The zero-order valence-corrected chi connectivity index (χ0v) is 22.3. The molecule has 0 radical (unpaired) electrons. The second kappa shape index (κ2) is 10.1. The molecule has 4 bridgehead atoms. The number of carbonyl (C=O) groups excluding carboxylic acids is 3. The molecule has 1 saturated heterocycles. The maximum atomic E-state index is 12.9. The molecule has 4 aliphatic carbocycles. The monoisotopic (exact) mass is 532 g/mol. The van der Waals surface area contributed by atoms with Crippen LogP contribution in [0.1, 0.15) is 49.7 Å². The van der Waals surface area contributed by atoms with E-state index in [0.717, 1.165) is 54.3 Å². The van der Waals surface area contributed by atoms with Crippen molar-refractivity contribution >= 4 is 34.9 Å². The second-order valence-corrected chi connectivity index (χ2v) is 12.2. The highest BCUT2D eigenvalue weighted by Crippen LogP contribution is 2.55. The maximum Gasteiger partial charge on any atom is 0.293 e. The molecule has 1 heterocycles. The molecule has 5 aliphatic rings. The van der Waals surface area contributed by atoms with Gasteiger partial charge in [0.25, 0.3) is 17.1 Å². The summed E-state index contributed by atoms with van der Waals surface area (Å²) in [7, 11) is 1.54. The van der Waals surface area contributed by atoms with E-state index in [1.54, 1.807) is 24.3 Å². The number of hydrogen-bond donors (Lipinski definition) is 1. The second-order valence-electron chi connectivity index (χ2n) is 11.2. The maximum absolute atomic E-state index is 12.9. The summed E-state index contributed by atoms with van der Waals surface area (Å²) in [6.07, 6.45) is 8.96. The number of methoxy groups -OCH3 is 1. The molecule has 1 aliphatic heterocycles. The van der Waals surface area contributed by atoms with Gasteiger partial charge in [0.2, 0.25) is 0 Å². The predicted molar refractivity (Wildman–Crippen MR) is 145 cm³/mol. The van der Waals surface area contributed by atoms with Gasteiger partial charge >= 0.3 is 0 Å². The van der Waals surface area contributed by atoms with Crippen molar-refractivity contribution in [1.29, 1.82) is 0 Å². The van der Waals surface area contributed by atoms with Crippen molar-refractivity contribution in [2.24, 2.45) is 17.8 Å². The van der Waals surface area contributed by atoms with E-state index in [4.69, 9.17) is 9.47 Å². The normalized spacial score (nSPS) is 28.7. The van der Waals surface area contributed by atoms with E-state index in [2.05, 4.69) is 5.32 Å². The third-order valence-corrected chi connectivity index (χ3v) is 9.25. The van der Waals surface area contributed by atoms with Crippen LogP contribution >= 0.6 is 11.8 Å². The summed E-state index contributed by atoms with van der Waals surface area (Å²) in [5.74, 6) is 2.79. The first-order chi connectivity index (χ1) is 18.4. The molecule has 2 aromatic carbocycles. The summed E-state index contributed by atoms with van der Waals surface area (Å²) in [4.78, 5) is 39.9. The van der Waals surface area contributed by atoms with Crippen molar-refractivity contribution < 1.29 is 23.9 Å². The molecule has 7 nitrogen and oxygen atoms in total. The average molecular weight is 533 g/mol. The molecule has 8 heteroatoms. The van der Waals surface area contributed by atoms with Crippen LogP contribution < -0.4 is 14.8 Å². The predicted octanol–water partition coefficient (Wildman–Crippen LogP) is 5.40. The summed E-state index contributed by atoms with van der Waals surface area (Å²) in [5.41, 5.74) is 1.55. The van der Waals surface area contributed by atoms with Crippen LogP contribution in [0.4, 0.5) is 4.79 Å². The zero-order valence-electron chi connectivity index (χ0n) is 21.5. The fourth-order valence-electron chi connectivity index (χ4n) is 7.19. The van der Waals surface area contributed by atoms with E-state index in [1.165, 1.54) is 31.3 Å². The van der Waals surface area contributed by atoms with E-state index < -0.39 is 0 Å². The summed E-state index contributed by atoms with van der Waals surface area (Å²) < 4.78 is 11.4. The van der Waals surface area contributed by atoms with E-state index >= 15 is 0 Å². The minimum atomic E-state index is -0.315. The van der Waals surface area contributed by atoms with Crippen LogP contribution in [0, 0.1) is 17.8 Å². The first kappa shape index (κ1) is 25.0. The lowest BCUT2D eigenvalue weighted by molar-refractivity contribution is -0.129. The van der Waals surface area contributed by atoms with E-state index in [-0.39, 0.29) is 35.7 Å². The number of amides is 3. The van der Waals surface area contributed by atoms with Gasteiger partial charge in [0.1, 0.15) is 0 Å². The van der Waals surface area contributed by atoms with Gasteiger partial charge in [-0.15, -0.1) is 0 Å². The van der Waals surface area contributed by atoms with Gasteiger partial charge in [-0.3, -0.25) is 19.3 Å². The number of imide groups is 1. The van der Waals surface area contributed by atoms with Gasteiger partial charge in [0, 0.05) is 5.54 Å². The smallest absolute Gasteiger partial charge is 0.293 e. The van der Waals surface area contributed by atoms with Gasteiger partial charge in [-0.05, 0) is 97.4 Å². The van der Waals surface area contributed by atoms with Crippen LogP contribution in [0.25, 0.3) is 6.08 Å². The highest BCUT2D eigenvalue weighted by Gasteiger charge is 2.51. The first-order valence-electron chi connectivity index (χ1n) is 13.3. The Labute approximate surface area is 226 Å². The average Bonchev–Trinajstić information content (AvgIpc) is 3.14. The standard InChI is InChI=1S/C30H32N2O5S/c1-36-25-12-20(13-26-28(34)32(29(35)38-26)17-19-5-3-2-4-6-19)7-8-24(25)37-18-27(33)31-30-14-21-9-22(15-30)11-23(10-21)16-30/h2-8,12-13,21-23H,9-11,14-18H2,1H3,(H,31,33)/b26-13-. The Morgan fingerprint density at radius 2 is 1.71 bits per heavy atom. The number of carbonyl (C=O) groups is 3. The summed E-state index contributed by atoms with van der Waals surface area (Å²) in [5, 5.41) is 3.04. The van der Waals surface area contributed by atoms with Gasteiger partial charge in [0.05, 0.1) is 18.6 Å². The van der Waals surface area contributed by atoms with Gasteiger partial charge in [-0.2, -0.15) is 0 Å². The number of nitrogens with zero attached hydrogens (tertiary/aromatic N) is 1. The lowest BCUT2D eigenvalue weighted by atomic mass is 9.53. The summed E-state index contributed by atoms with van der Waals surface area (Å²) in [6, 6.07) is 14.7. The van der Waals surface area contributed by atoms with Gasteiger partial charge in [-0.25, -0.2) is 0 Å². The molecule has 0 aromatic heterocycles. The molecule has 1 N–H and O–H groups in total. The summed E-state index contributed by atoms with van der Waals surface area (Å²) >= 11 is 0.927. The number of nitrogens with one attached hydrogen (secondary N) is 1. The van der Waals surface area contributed by atoms with Crippen LogP contribution in [-0.4, -0.2) is 41.2 Å². The molecule has 0 unspecified atom stereocenters. The Kier molecular flexibility index (Phi) is 6.68. The number of benzene rings is 2. The molecule has 38 heavy (non-hydrogen) atoms. The third kappa shape index (κ3) is 5.06. The third-order valence-electron chi connectivity index (χ3n) is 8.34. The number of hydrogen-bond acceptors (Lipinski definition) is 6. The Hall–Kier alpha value is -3.26. The topological polar surface area (TPSA) is 84.9 Å². The Bertz CT molecular complexity index is 1260. The fourth-order valence-corrected chi connectivity index (χ4v) is 8.02. The minimum Gasteiger partial charge on any atom is -0.493 e. The zero-order chi connectivity index (χ0) is 26.3. The first-order valence-corrected chi connectivity index (χ1v) is 14.1. The van der Waals surface area contributed by atoms with Crippen LogP contribution in [-0.2, 0) is 16.1 Å². The van der Waals surface area contributed by atoms with Crippen molar-refractivity contribution in [3.63, 3.8) is 0 Å². The molecule has 3 amide bonds. The Morgan fingerprint density at radius 1 is 1.03 bits per heavy atom. The van der Waals surface area contributed by atoms with Crippen molar-refractivity contribution in [2.45, 2.75) is 50.6 Å². The molecule has 5 fully saturated rings. The van der Waals surface area contributed by atoms with Crippen LogP contribution in [0.2, 0.25) is 0 Å². The van der Waals surface area contributed by atoms with E-state index in [0.29, 0.717) is 22.0 Å². The van der Waals surface area contributed by atoms with E-state index in [1.807, 2.05) is 30.3 Å². The van der Waals surface area contributed by atoms with Gasteiger partial charge in [-0.1, -0.05) is 36.4 Å². The largest absolute Gasteiger partial charge is 0.493 e. The Balaban J connectivity index is 1.09. The quantitative estimate of drug-likeness (QED) is 0.459. The van der Waals surface area contributed by atoms with Gasteiger partial charge in [0.15, 0.2) is 18.1 Å². The lowest BCUT2D eigenvalue weighted by Crippen LogP contribution is -2.60. The SMILES string of the molecule is COc1cc(/C=C2\SC(=O)N(Cc3ccccc3)C2=O)ccc1OCC(=O)NC12CC3CC(CC(C3)C1)C2. The molecule has 0 spiro atoms. The Morgan fingerprint density at radius 3 is 2.37 bits per heavy atom.